The molecule has 1 rings (SSSR count). The van der Waals surface area contributed by atoms with Crippen molar-refractivity contribution in [2.24, 2.45) is 0 Å². The molecular formula is C9H19NO. The molecule has 0 radical (unpaired) electrons. The fourth-order valence-electron chi connectivity index (χ4n) is 1.70. The van der Waals surface area contributed by atoms with Crippen LogP contribution >= 0.6 is 0 Å². The van der Waals surface area contributed by atoms with Crippen molar-refractivity contribution < 1.29 is 5.11 Å². The van der Waals surface area contributed by atoms with Crippen LogP contribution < -0.4 is 0 Å². The van der Waals surface area contributed by atoms with Gasteiger partial charge in [0.1, 0.15) is 0 Å². The summed E-state index contributed by atoms with van der Waals surface area (Å²) >= 11 is 0. The van der Waals surface area contributed by atoms with E-state index in [2.05, 4.69) is 25.7 Å². The Balaban J connectivity index is 2.49. The van der Waals surface area contributed by atoms with Crippen molar-refractivity contribution in [3.05, 3.63) is 0 Å². The van der Waals surface area contributed by atoms with E-state index in [1.807, 2.05) is 6.92 Å². The maximum absolute atomic E-state index is 9.35. The van der Waals surface area contributed by atoms with Gasteiger partial charge in [-0.25, -0.2) is 0 Å². The van der Waals surface area contributed by atoms with E-state index in [9.17, 15) is 5.11 Å². The second kappa shape index (κ2) is 2.76. The van der Waals surface area contributed by atoms with Gasteiger partial charge in [-0.1, -0.05) is 0 Å². The second-order valence-corrected chi connectivity index (χ2v) is 4.24. The largest absolute Gasteiger partial charge is 0.392 e. The van der Waals surface area contributed by atoms with Gasteiger partial charge in [0.05, 0.1) is 6.10 Å². The molecule has 1 aliphatic rings. The highest BCUT2D eigenvalue weighted by Gasteiger charge is 2.39. The van der Waals surface area contributed by atoms with E-state index in [1.165, 1.54) is 6.42 Å². The Kier molecular flexibility index (Phi) is 2.26. The fourth-order valence-corrected chi connectivity index (χ4v) is 1.70. The van der Waals surface area contributed by atoms with Crippen LogP contribution in [0.5, 0.6) is 0 Å². The zero-order valence-electron chi connectivity index (χ0n) is 7.96. The van der Waals surface area contributed by atoms with Gasteiger partial charge in [-0.2, -0.15) is 0 Å². The third kappa shape index (κ3) is 1.57. The summed E-state index contributed by atoms with van der Waals surface area (Å²) in [5.41, 5.74) is 0.316. The van der Waals surface area contributed by atoms with Crippen LogP contribution in [-0.2, 0) is 0 Å². The van der Waals surface area contributed by atoms with E-state index in [-0.39, 0.29) is 6.10 Å². The van der Waals surface area contributed by atoms with Gasteiger partial charge in [0.15, 0.2) is 0 Å². The molecule has 0 aliphatic carbocycles. The summed E-state index contributed by atoms with van der Waals surface area (Å²) < 4.78 is 0. The van der Waals surface area contributed by atoms with Crippen molar-refractivity contribution in [2.75, 3.05) is 6.54 Å². The number of rotatable bonds is 2. The Morgan fingerprint density at radius 1 is 1.36 bits per heavy atom. The van der Waals surface area contributed by atoms with Gasteiger partial charge in [-0.3, -0.25) is 4.90 Å². The minimum Gasteiger partial charge on any atom is -0.392 e. The SMILES string of the molecule is CC(O)C(C)N1CCC1(C)C. The Labute approximate surface area is 69.2 Å². The lowest BCUT2D eigenvalue weighted by molar-refractivity contribution is -0.0584. The van der Waals surface area contributed by atoms with Gasteiger partial charge in [-0.15, -0.1) is 0 Å². The van der Waals surface area contributed by atoms with Gasteiger partial charge in [0.25, 0.3) is 0 Å². The van der Waals surface area contributed by atoms with Crippen LogP contribution in [0.25, 0.3) is 0 Å². The van der Waals surface area contributed by atoms with E-state index in [0.29, 0.717) is 11.6 Å². The average molecular weight is 157 g/mol. The molecule has 0 aromatic carbocycles. The van der Waals surface area contributed by atoms with Crippen molar-refractivity contribution in [1.82, 2.24) is 4.90 Å². The second-order valence-electron chi connectivity index (χ2n) is 4.24. The molecule has 2 nitrogen and oxygen atoms in total. The molecule has 1 N–H and O–H groups in total. The lowest BCUT2D eigenvalue weighted by Gasteiger charge is -2.52. The normalized spacial score (nSPS) is 29.2. The van der Waals surface area contributed by atoms with E-state index < -0.39 is 0 Å². The summed E-state index contributed by atoms with van der Waals surface area (Å²) in [6.45, 7) is 9.55. The molecule has 11 heavy (non-hydrogen) atoms. The molecule has 2 atom stereocenters. The van der Waals surface area contributed by atoms with E-state index in [4.69, 9.17) is 0 Å². The van der Waals surface area contributed by atoms with Gasteiger partial charge >= 0.3 is 0 Å². The standard InChI is InChI=1S/C9H19NO/c1-7(8(2)11)10-6-5-9(10,3)4/h7-8,11H,5-6H2,1-4H3. The number of aliphatic hydroxyl groups is 1. The number of aliphatic hydroxyl groups excluding tert-OH is 1. The number of hydrogen-bond acceptors (Lipinski definition) is 2. The zero-order valence-corrected chi connectivity index (χ0v) is 7.96. The maximum Gasteiger partial charge on any atom is 0.0664 e. The van der Waals surface area contributed by atoms with E-state index in [1.54, 1.807) is 0 Å². The van der Waals surface area contributed by atoms with Gasteiger partial charge in [-0.05, 0) is 34.1 Å². The van der Waals surface area contributed by atoms with Gasteiger partial charge in [0, 0.05) is 18.1 Å². The highest BCUT2D eigenvalue weighted by atomic mass is 16.3. The molecule has 0 amide bonds. The predicted octanol–water partition coefficient (Wildman–Crippen LogP) is 1.24. The van der Waals surface area contributed by atoms with Crippen molar-refractivity contribution in [1.29, 1.82) is 0 Å². The van der Waals surface area contributed by atoms with E-state index >= 15 is 0 Å². The first-order valence-corrected chi connectivity index (χ1v) is 4.40. The van der Waals surface area contributed by atoms with E-state index in [0.717, 1.165) is 6.54 Å². The molecule has 0 bridgehead atoms. The monoisotopic (exact) mass is 157 g/mol. The predicted molar refractivity (Wildman–Crippen MR) is 46.5 cm³/mol. The topological polar surface area (TPSA) is 23.5 Å². The highest BCUT2D eigenvalue weighted by molar-refractivity contribution is 4.95. The van der Waals surface area contributed by atoms with Crippen molar-refractivity contribution in [3.63, 3.8) is 0 Å². The van der Waals surface area contributed by atoms with Crippen LogP contribution in [0.3, 0.4) is 0 Å². The number of nitrogens with zero attached hydrogens (tertiary/aromatic N) is 1. The molecule has 1 fully saturated rings. The first-order chi connectivity index (χ1) is 4.95. The quantitative estimate of drug-likeness (QED) is 0.652. The molecule has 0 aromatic heterocycles. The third-order valence-corrected chi connectivity index (χ3v) is 2.93. The Morgan fingerprint density at radius 3 is 2.00 bits per heavy atom. The lowest BCUT2D eigenvalue weighted by Crippen LogP contribution is -2.61. The molecule has 2 unspecified atom stereocenters. The lowest BCUT2D eigenvalue weighted by atomic mass is 9.86. The Hall–Kier alpha value is -0.0800. The van der Waals surface area contributed by atoms with Crippen LogP contribution in [0.15, 0.2) is 0 Å². The Morgan fingerprint density at radius 2 is 1.91 bits per heavy atom. The van der Waals surface area contributed by atoms with Crippen LogP contribution in [-0.4, -0.2) is 34.2 Å². The summed E-state index contributed by atoms with van der Waals surface area (Å²) in [4.78, 5) is 2.36. The summed E-state index contributed by atoms with van der Waals surface area (Å²) in [5.74, 6) is 0. The zero-order chi connectivity index (χ0) is 8.65. The molecule has 1 heterocycles. The molecule has 2 heteroatoms. The molecule has 0 aromatic rings. The molecule has 0 spiro atoms. The van der Waals surface area contributed by atoms with Crippen LogP contribution in [0.4, 0.5) is 0 Å². The fraction of sp³-hybridized carbons (Fsp3) is 1.00. The van der Waals surface area contributed by atoms with Crippen molar-refractivity contribution >= 4 is 0 Å². The summed E-state index contributed by atoms with van der Waals surface area (Å²) in [5, 5.41) is 9.35. The third-order valence-electron chi connectivity index (χ3n) is 2.93. The molecular weight excluding hydrogens is 138 g/mol. The summed E-state index contributed by atoms with van der Waals surface area (Å²) in [6, 6.07) is 0.304. The number of likely N-dealkylation sites (tertiary alicyclic amines) is 1. The van der Waals surface area contributed by atoms with Crippen molar-refractivity contribution in [3.8, 4) is 0 Å². The molecule has 66 valence electrons. The van der Waals surface area contributed by atoms with Crippen molar-refractivity contribution in [2.45, 2.75) is 51.8 Å². The molecule has 1 aliphatic heterocycles. The van der Waals surface area contributed by atoms with Crippen LogP contribution in [0.1, 0.15) is 34.1 Å². The van der Waals surface area contributed by atoms with Crippen LogP contribution in [0.2, 0.25) is 0 Å². The highest BCUT2D eigenvalue weighted by Crippen LogP contribution is 2.32. The first-order valence-electron chi connectivity index (χ1n) is 4.40. The average Bonchev–Trinajstić information content (AvgIpc) is 1.85. The maximum atomic E-state index is 9.35. The molecule has 1 saturated heterocycles. The summed E-state index contributed by atoms with van der Waals surface area (Å²) in [6.07, 6.45) is 1.04. The van der Waals surface area contributed by atoms with Crippen LogP contribution in [0, 0.1) is 0 Å². The molecule has 0 saturated carbocycles. The Bertz CT molecular complexity index is 142. The smallest absolute Gasteiger partial charge is 0.0664 e. The minimum absolute atomic E-state index is 0.213. The number of hydrogen-bond donors (Lipinski definition) is 1. The van der Waals surface area contributed by atoms with Gasteiger partial charge in [0.2, 0.25) is 0 Å². The van der Waals surface area contributed by atoms with Gasteiger partial charge < -0.3 is 5.11 Å². The minimum atomic E-state index is -0.213. The summed E-state index contributed by atoms with van der Waals surface area (Å²) in [7, 11) is 0. The first kappa shape index (κ1) is 9.01.